The molecule has 186 valence electrons. The Morgan fingerprint density at radius 3 is 2.34 bits per heavy atom. The highest BCUT2D eigenvalue weighted by molar-refractivity contribution is 7.94. The van der Waals surface area contributed by atoms with E-state index in [0.717, 1.165) is 11.1 Å². The van der Waals surface area contributed by atoms with Crippen LogP contribution in [0.2, 0.25) is 0 Å². The summed E-state index contributed by atoms with van der Waals surface area (Å²) in [6, 6.07) is 10.2. The molecule has 0 radical (unpaired) electrons. The number of carbonyl (C=O) groups excluding carboxylic acids is 2. The minimum atomic E-state index is -4.09. The third-order valence-electron chi connectivity index (χ3n) is 7.13. The number of sulfone groups is 1. The molecule has 2 amide bonds. The number of pyridine rings is 1. The Balaban J connectivity index is 1.30. The number of rotatable bonds is 7. The Bertz CT molecular complexity index is 1380. The summed E-state index contributed by atoms with van der Waals surface area (Å²) in [5.41, 5.74) is 1.30. The van der Waals surface area contributed by atoms with Gasteiger partial charge in [0.2, 0.25) is 0 Å². The zero-order chi connectivity index (χ0) is 25.2. The molecule has 1 N–H and O–H groups in total. The molecule has 1 aromatic heterocycles. The Hall–Kier alpha value is -3.08. The van der Waals surface area contributed by atoms with Gasteiger partial charge < -0.3 is 14.8 Å². The van der Waals surface area contributed by atoms with Crippen molar-refractivity contribution in [1.29, 1.82) is 0 Å². The number of alkyl halides is 2. The summed E-state index contributed by atoms with van der Waals surface area (Å²) in [7, 11) is -4.09. The number of benzene rings is 1. The van der Waals surface area contributed by atoms with Gasteiger partial charge in [-0.15, -0.1) is 0 Å². The molecule has 5 rings (SSSR count). The molecule has 2 aromatic rings. The zero-order valence-corrected chi connectivity index (χ0v) is 19.9. The number of aromatic nitrogens is 1. The van der Waals surface area contributed by atoms with Gasteiger partial charge in [-0.25, -0.2) is 17.2 Å². The summed E-state index contributed by atoms with van der Waals surface area (Å²) in [4.78, 5) is 39.9. The molecule has 2 aliphatic carbocycles. The zero-order valence-electron chi connectivity index (χ0n) is 19.1. The van der Waals surface area contributed by atoms with Crippen LogP contribution in [0.5, 0.6) is 0 Å². The van der Waals surface area contributed by atoms with Crippen molar-refractivity contribution in [3.05, 3.63) is 69.1 Å². The van der Waals surface area contributed by atoms with Crippen LogP contribution in [0, 0.1) is 6.92 Å². The fourth-order valence-corrected chi connectivity index (χ4v) is 7.13. The molecule has 2 fully saturated rings. The minimum Gasteiger partial charge on any atom is -0.348 e. The molecule has 1 atom stereocenters. The Morgan fingerprint density at radius 1 is 1.09 bits per heavy atom. The van der Waals surface area contributed by atoms with Gasteiger partial charge in [-0.1, -0.05) is 29.8 Å². The maximum Gasteiger partial charge on any atom is 0.270 e. The van der Waals surface area contributed by atoms with Crippen LogP contribution in [0.4, 0.5) is 8.78 Å². The minimum absolute atomic E-state index is 0.0429. The predicted octanol–water partition coefficient (Wildman–Crippen LogP) is 1.90. The van der Waals surface area contributed by atoms with Crippen LogP contribution in [0.1, 0.15) is 51.2 Å². The van der Waals surface area contributed by atoms with Crippen molar-refractivity contribution in [2.75, 3.05) is 13.1 Å². The molecule has 0 saturated heterocycles. The van der Waals surface area contributed by atoms with Gasteiger partial charge in [0, 0.05) is 32.6 Å². The average molecular weight is 506 g/mol. The summed E-state index contributed by atoms with van der Waals surface area (Å²) >= 11 is 0. The smallest absolute Gasteiger partial charge is 0.270 e. The quantitative estimate of drug-likeness (QED) is 0.619. The number of halogens is 2. The van der Waals surface area contributed by atoms with Crippen LogP contribution in [-0.4, -0.2) is 58.7 Å². The first-order valence-electron chi connectivity index (χ1n) is 11.4. The second kappa shape index (κ2) is 7.97. The monoisotopic (exact) mass is 505 g/mol. The first-order chi connectivity index (χ1) is 16.4. The van der Waals surface area contributed by atoms with Crippen molar-refractivity contribution in [3.8, 4) is 0 Å². The van der Waals surface area contributed by atoms with Crippen LogP contribution in [0.25, 0.3) is 0 Å². The summed E-state index contributed by atoms with van der Waals surface area (Å²) in [5, 5.41) is 1.03. The maximum atomic E-state index is 13.5. The van der Waals surface area contributed by atoms with Crippen molar-refractivity contribution in [2.45, 2.75) is 55.2 Å². The van der Waals surface area contributed by atoms with Gasteiger partial charge in [-0.05, 0) is 37.5 Å². The van der Waals surface area contributed by atoms with E-state index in [0.29, 0.717) is 0 Å². The van der Waals surface area contributed by atoms with Crippen LogP contribution >= 0.6 is 0 Å². The lowest BCUT2D eigenvalue weighted by atomic mass is 10.1. The number of fused-ring (bicyclic) bond motifs is 1. The molecule has 2 heterocycles. The lowest BCUT2D eigenvalue weighted by molar-refractivity contribution is 0.0694. The lowest BCUT2D eigenvalue weighted by Crippen LogP contribution is -2.50. The van der Waals surface area contributed by atoms with Gasteiger partial charge in [-0.3, -0.25) is 14.4 Å². The molecule has 1 aliphatic heterocycles. The number of nitrogens with zero attached hydrogens (tertiary/aromatic N) is 2. The van der Waals surface area contributed by atoms with Crippen molar-refractivity contribution in [1.82, 2.24) is 14.8 Å². The molecule has 0 bridgehead atoms. The number of carbonyl (C=O) groups is 2. The van der Waals surface area contributed by atoms with E-state index in [4.69, 9.17) is 0 Å². The van der Waals surface area contributed by atoms with Crippen LogP contribution in [0.15, 0.2) is 41.2 Å². The van der Waals surface area contributed by atoms with Gasteiger partial charge in [0.25, 0.3) is 23.3 Å². The number of nitrogens with one attached hydrogen (secondary N) is 1. The normalized spacial score (nSPS) is 21.9. The fourth-order valence-electron chi connectivity index (χ4n) is 4.63. The van der Waals surface area contributed by atoms with Gasteiger partial charge >= 0.3 is 0 Å². The molecule has 8 nitrogen and oxygen atoms in total. The Labute approximate surface area is 200 Å². The summed E-state index contributed by atoms with van der Waals surface area (Å²) in [6.07, 6.45) is -0.199. The molecule has 1 unspecified atom stereocenters. The molecule has 1 aromatic carbocycles. The highest BCUT2D eigenvalue weighted by Gasteiger charge is 2.71. The van der Waals surface area contributed by atoms with Crippen LogP contribution in [-0.2, 0) is 22.9 Å². The van der Waals surface area contributed by atoms with Gasteiger partial charge in [0.15, 0.2) is 9.84 Å². The average Bonchev–Trinajstić information content (AvgIpc) is 3.72. The summed E-state index contributed by atoms with van der Waals surface area (Å²) in [6.45, 7) is 2.15. The molecule has 3 aliphatic rings. The second-order valence-electron chi connectivity index (χ2n) is 9.67. The first kappa shape index (κ1) is 23.7. The van der Waals surface area contributed by atoms with E-state index in [1.807, 2.05) is 31.2 Å². The standard InChI is InChI=1S/C24H25F2N3O5S/c1-15-2-4-16(5-3-15)13-27-20(30)17-6-7-18-22(32)28(10-11-29(18)21(17)31)14-23(8-9-23)35(33,34)19-12-24(19,25)26/h2-7,19H,8-14H2,1H3,(H,27,30). The maximum absolute atomic E-state index is 13.5. The van der Waals surface area contributed by atoms with E-state index in [1.54, 1.807) is 0 Å². The highest BCUT2D eigenvalue weighted by Crippen LogP contribution is 2.56. The third kappa shape index (κ3) is 4.05. The SMILES string of the molecule is Cc1ccc(CNC(=O)c2ccc3n(c2=O)CCN(CC2(S(=O)(=O)C4CC4(F)F)CC2)C3=O)cc1. The largest absolute Gasteiger partial charge is 0.348 e. The molecular weight excluding hydrogens is 480 g/mol. The van der Waals surface area contributed by atoms with Crippen molar-refractivity contribution in [2.24, 2.45) is 0 Å². The molecule has 35 heavy (non-hydrogen) atoms. The molecular formula is C24H25F2N3O5S. The van der Waals surface area contributed by atoms with Crippen LogP contribution in [0.3, 0.4) is 0 Å². The van der Waals surface area contributed by atoms with Crippen LogP contribution < -0.4 is 10.9 Å². The van der Waals surface area contributed by atoms with E-state index < -0.39 is 49.6 Å². The third-order valence-corrected chi connectivity index (χ3v) is 10.1. The van der Waals surface area contributed by atoms with Crippen molar-refractivity contribution >= 4 is 21.7 Å². The van der Waals surface area contributed by atoms with E-state index in [9.17, 15) is 31.6 Å². The van der Waals surface area contributed by atoms with Gasteiger partial charge in [-0.2, -0.15) is 0 Å². The fraction of sp³-hybridized carbons (Fsp3) is 0.458. The highest BCUT2D eigenvalue weighted by atomic mass is 32.2. The van der Waals surface area contributed by atoms with Gasteiger partial charge in [0.1, 0.15) is 16.5 Å². The summed E-state index contributed by atoms with van der Waals surface area (Å²) < 4.78 is 52.4. The molecule has 0 spiro atoms. The van der Waals surface area contributed by atoms with E-state index in [1.165, 1.54) is 21.6 Å². The van der Waals surface area contributed by atoms with E-state index in [-0.39, 0.29) is 50.3 Å². The predicted molar refractivity (Wildman–Crippen MR) is 123 cm³/mol. The van der Waals surface area contributed by atoms with E-state index >= 15 is 0 Å². The second-order valence-corrected chi connectivity index (χ2v) is 12.2. The first-order valence-corrected chi connectivity index (χ1v) is 13.0. The Morgan fingerprint density at radius 2 is 1.74 bits per heavy atom. The van der Waals surface area contributed by atoms with Crippen molar-refractivity contribution in [3.63, 3.8) is 0 Å². The Kier molecular flexibility index (Phi) is 5.39. The molecule has 11 heteroatoms. The number of amides is 2. The van der Waals surface area contributed by atoms with Gasteiger partial charge in [0.05, 0.1) is 4.75 Å². The number of aryl methyl sites for hydroxylation is 1. The lowest BCUT2D eigenvalue weighted by Gasteiger charge is -2.32. The van der Waals surface area contributed by atoms with E-state index in [2.05, 4.69) is 5.32 Å². The summed E-state index contributed by atoms with van der Waals surface area (Å²) in [5.74, 6) is -4.31. The van der Waals surface area contributed by atoms with Crippen molar-refractivity contribution < 1.29 is 26.8 Å². The molecule has 2 saturated carbocycles. The number of hydrogen-bond acceptors (Lipinski definition) is 5. The number of hydrogen-bond donors (Lipinski definition) is 1. The topological polar surface area (TPSA) is 106 Å².